The van der Waals surface area contributed by atoms with Crippen molar-refractivity contribution in [3.8, 4) is 0 Å². The number of ether oxygens (including phenoxy) is 1. The first-order chi connectivity index (χ1) is 10.8. The second-order valence-electron chi connectivity index (χ2n) is 5.06. The number of hydrogen-bond acceptors (Lipinski definition) is 5. The summed E-state index contributed by atoms with van der Waals surface area (Å²) in [6.45, 7) is 3.72. The van der Waals surface area contributed by atoms with Gasteiger partial charge in [-0.3, -0.25) is 4.79 Å². The summed E-state index contributed by atoms with van der Waals surface area (Å²) in [5.74, 6) is 1.44. The van der Waals surface area contributed by atoms with Crippen molar-refractivity contribution in [2.75, 3.05) is 31.2 Å². The van der Waals surface area contributed by atoms with Gasteiger partial charge in [0.15, 0.2) is 0 Å². The van der Waals surface area contributed by atoms with Crippen LogP contribution in [0.25, 0.3) is 0 Å². The highest BCUT2D eigenvalue weighted by molar-refractivity contribution is 5.75. The van der Waals surface area contributed by atoms with Gasteiger partial charge in [0.25, 0.3) is 0 Å². The van der Waals surface area contributed by atoms with Gasteiger partial charge < -0.3 is 19.5 Å². The zero-order chi connectivity index (χ0) is 15.2. The molecule has 7 nitrogen and oxygen atoms in total. The van der Waals surface area contributed by atoms with E-state index in [1.165, 1.54) is 0 Å². The first-order valence-electron chi connectivity index (χ1n) is 7.33. The molecule has 22 heavy (non-hydrogen) atoms. The van der Waals surface area contributed by atoms with Crippen molar-refractivity contribution >= 4 is 11.7 Å². The summed E-state index contributed by atoms with van der Waals surface area (Å²) in [5.41, 5.74) is 0. The Bertz CT molecular complexity index is 608. The molecule has 2 aromatic rings. The van der Waals surface area contributed by atoms with Gasteiger partial charge in [-0.2, -0.15) is 0 Å². The molecule has 1 amide bonds. The summed E-state index contributed by atoms with van der Waals surface area (Å²) >= 11 is 0. The van der Waals surface area contributed by atoms with Crippen LogP contribution in [-0.4, -0.2) is 46.7 Å². The van der Waals surface area contributed by atoms with E-state index in [4.69, 9.17) is 4.74 Å². The molecule has 116 valence electrons. The first kappa shape index (κ1) is 14.5. The lowest BCUT2D eigenvalue weighted by atomic mass is 10.4. The number of carbonyl (C=O) groups excluding carboxylic acids is 1. The molecule has 0 bridgehead atoms. The van der Waals surface area contributed by atoms with Gasteiger partial charge in [-0.05, 0) is 18.2 Å². The summed E-state index contributed by atoms with van der Waals surface area (Å²) in [4.78, 5) is 22.7. The Hall–Kier alpha value is -2.41. The third kappa shape index (κ3) is 3.82. The van der Waals surface area contributed by atoms with Crippen LogP contribution in [0, 0.1) is 0 Å². The molecule has 1 fully saturated rings. The van der Waals surface area contributed by atoms with Crippen LogP contribution in [0.15, 0.2) is 36.8 Å². The van der Waals surface area contributed by atoms with Gasteiger partial charge in [0, 0.05) is 31.7 Å². The van der Waals surface area contributed by atoms with Crippen molar-refractivity contribution in [1.29, 1.82) is 0 Å². The standard InChI is InChI=1S/C15H19N5O2/c21-15(12-19-5-1-2-6-19)17-11-13-16-4-3-14(18-13)20-7-9-22-10-8-20/h1-6H,7-12H2,(H,17,21). The van der Waals surface area contributed by atoms with Crippen LogP contribution in [0.5, 0.6) is 0 Å². The highest BCUT2D eigenvalue weighted by atomic mass is 16.5. The van der Waals surface area contributed by atoms with E-state index >= 15 is 0 Å². The monoisotopic (exact) mass is 301 g/mol. The molecule has 1 N–H and O–H groups in total. The average molecular weight is 301 g/mol. The molecular weight excluding hydrogens is 282 g/mol. The van der Waals surface area contributed by atoms with E-state index in [-0.39, 0.29) is 5.91 Å². The zero-order valence-electron chi connectivity index (χ0n) is 12.3. The van der Waals surface area contributed by atoms with Crippen molar-refractivity contribution < 1.29 is 9.53 Å². The van der Waals surface area contributed by atoms with Crippen molar-refractivity contribution in [2.24, 2.45) is 0 Å². The van der Waals surface area contributed by atoms with Crippen LogP contribution >= 0.6 is 0 Å². The Balaban J connectivity index is 1.54. The summed E-state index contributed by atoms with van der Waals surface area (Å²) < 4.78 is 7.16. The molecule has 3 rings (SSSR count). The summed E-state index contributed by atoms with van der Waals surface area (Å²) in [6.07, 6.45) is 5.44. The Morgan fingerprint density at radius 2 is 2.05 bits per heavy atom. The van der Waals surface area contributed by atoms with E-state index < -0.39 is 0 Å². The van der Waals surface area contributed by atoms with Crippen LogP contribution < -0.4 is 10.2 Å². The van der Waals surface area contributed by atoms with Gasteiger partial charge in [-0.25, -0.2) is 9.97 Å². The summed E-state index contributed by atoms with van der Waals surface area (Å²) in [6, 6.07) is 5.67. The van der Waals surface area contributed by atoms with Crippen LogP contribution in [0.3, 0.4) is 0 Å². The Kier molecular flexibility index (Phi) is 4.65. The Labute approximate surface area is 128 Å². The molecule has 0 atom stereocenters. The molecule has 2 aromatic heterocycles. The fraction of sp³-hybridized carbons (Fsp3) is 0.400. The molecule has 1 saturated heterocycles. The third-order valence-electron chi connectivity index (χ3n) is 3.46. The number of amides is 1. The fourth-order valence-corrected chi connectivity index (χ4v) is 2.32. The average Bonchev–Trinajstić information content (AvgIpc) is 3.07. The van der Waals surface area contributed by atoms with E-state index in [1.54, 1.807) is 6.20 Å². The van der Waals surface area contributed by atoms with Gasteiger partial charge in [0.2, 0.25) is 5.91 Å². The maximum atomic E-state index is 11.9. The first-order valence-corrected chi connectivity index (χ1v) is 7.33. The quantitative estimate of drug-likeness (QED) is 0.867. The molecule has 0 radical (unpaired) electrons. The predicted molar refractivity (Wildman–Crippen MR) is 81.3 cm³/mol. The van der Waals surface area contributed by atoms with E-state index in [9.17, 15) is 4.79 Å². The number of nitrogens with zero attached hydrogens (tertiary/aromatic N) is 4. The second kappa shape index (κ2) is 7.04. The zero-order valence-corrected chi connectivity index (χ0v) is 12.3. The minimum atomic E-state index is -0.0587. The molecule has 7 heteroatoms. The number of rotatable bonds is 5. The van der Waals surface area contributed by atoms with Crippen molar-refractivity contribution in [1.82, 2.24) is 19.9 Å². The lowest BCUT2D eigenvalue weighted by Crippen LogP contribution is -2.37. The molecule has 0 saturated carbocycles. The molecule has 1 aliphatic heterocycles. The molecule has 3 heterocycles. The van der Waals surface area contributed by atoms with E-state index in [2.05, 4.69) is 20.2 Å². The number of nitrogens with one attached hydrogen (secondary N) is 1. The second-order valence-corrected chi connectivity index (χ2v) is 5.06. The largest absolute Gasteiger partial charge is 0.378 e. The van der Waals surface area contributed by atoms with Gasteiger partial charge >= 0.3 is 0 Å². The summed E-state index contributed by atoms with van der Waals surface area (Å²) in [5, 5.41) is 2.84. The van der Waals surface area contributed by atoms with E-state index in [1.807, 2.05) is 35.2 Å². The van der Waals surface area contributed by atoms with Gasteiger partial charge in [-0.1, -0.05) is 0 Å². The van der Waals surface area contributed by atoms with Crippen molar-refractivity contribution in [3.63, 3.8) is 0 Å². The van der Waals surface area contributed by atoms with Crippen molar-refractivity contribution in [3.05, 3.63) is 42.6 Å². The van der Waals surface area contributed by atoms with Crippen molar-refractivity contribution in [2.45, 2.75) is 13.1 Å². The maximum absolute atomic E-state index is 11.9. The molecule has 0 spiro atoms. The normalized spacial score (nSPS) is 14.8. The Morgan fingerprint density at radius 1 is 1.27 bits per heavy atom. The number of anilines is 1. The molecular formula is C15H19N5O2. The van der Waals surface area contributed by atoms with Gasteiger partial charge in [-0.15, -0.1) is 0 Å². The molecule has 0 aromatic carbocycles. The van der Waals surface area contributed by atoms with E-state index in [0.29, 0.717) is 32.1 Å². The SMILES string of the molecule is O=C(Cn1cccc1)NCc1nccc(N2CCOCC2)n1. The highest BCUT2D eigenvalue weighted by Gasteiger charge is 2.13. The number of aromatic nitrogens is 3. The van der Waals surface area contributed by atoms with Crippen LogP contribution in [0.1, 0.15) is 5.82 Å². The minimum absolute atomic E-state index is 0.0587. The summed E-state index contributed by atoms with van der Waals surface area (Å²) in [7, 11) is 0. The lowest BCUT2D eigenvalue weighted by Gasteiger charge is -2.27. The maximum Gasteiger partial charge on any atom is 0.240 e. The molecule has 0 aliphatic carbocycles. The Morgan fingerprint density at radius 3 is 2.82 bits per heavy atom. The van der Waals surface area contributed by atoms with Crippen LogP contribution in [0.2, 0.25) is 0 Å². The third-order valence-corrected chi connectivity index (χ3v) is 3.46. The number of hydrogen-bond donors (Lipinski definition) is 1. The van der Waals surface area contributed by atoms with Crippen LogP contribution in [-0.2, 0) is 22.6 Å². The molecule has 1 aliphatic rings. The topological polar surface area (TPSA) is 72.3 Å². The number of morpholine rings is 1. The fourth-order valence-electron chi connectivity index (χ4n) is 2.32. The lowest BCUT2D eigenvalue weighted by molar-refractivity contribution is -0.121. The van der Waals surface area contributed by atoms with E-state index in [0.717, 1.165) is 18.9 Å². The number of carbonyl (C=O) groups is 1. The molecule has 0 unspecified atom stereocenters. The highest BCUT2D eigenvalue weighted by Crippen LogP contribution is 2.11. The van der Waals surface area contributed by atoms with Gasteiger partial charge in [0.1, 0.15) is 18.2 Å². The van der Waals surface area contributed by atoms with Crippen LogP contribution in [0.4, 0.5) is 5.82 Å². The predicted octanol–water partition coefficient (Wildman–Crippen LogP) is 0.431. The van der Waals surface area contributed by atoms with Gasteiger partial charge in [0.05, 0.1) is 19.8 Å². The smallest absolute Gasteiger partial charge is 0.240 e. The minimum Gasteiger partial charge on any atom is -0.378 e.